The molecule has 1 N–H and O–H groups in total. The number of anilines is 1. The maximum atomic E-state index is 12.5. The molecule has 120 valence electrons. The third kappa shape index (κ3) is 3.41. The van der Waals surface area contributed by atoms with Crippen molar-refractivity contribution < 1.29 is 14.7 Å². The molecule has 1 aliphatic rings. The fourth-order valence-electron chi connectivity index (χ4n) is 2.38. The van der Waals surface area contributed by atoms with Crippen molar-refractivity contribution in [1.29, 1.82) is 0 Å². The Morgan fingerprint density at radius 1 is 1.08 bits per heavy atom. The Kier molecular flexibility index (Phi) is 4.53. The van der Waals surface area contributed by atoms with Gasteiger partial charge in [-0.1, -0.05) is 42.5 Å². The molecule has 2 aromatic rings. The quantitative estimate of drug-likeness (QED) is 0.833. The van der Waals surface area contributed by atoms with Crippen molar-refractivity contribution in [3.63, 3.8) is 0 Å². The van der Waals surface area contributed by atoms with Gasteiger partial charge in [0.05, 0.1) is 10.6 Å². The molecule has 0 atom stereocenters. The second kappa shape index (κ2) is 6.76. The minimum atomic E-state index is -0.378. The molecule has 1 aliphatic heterocycles. The summed E-state index contributed by atoms with van der Waals surface area (Å²) in [5, 5.41) is 9.17. The van der Waals surface area contributed by atoms with Gasteiger partial charge in [-0.25, -0.2) is 4.90 Å². The zero-order valence-corrected chi connectivity index (χ0v) is 13.8. The number of phenols is 1. The number of carbonyl (C=O) groups is 2. The highest BCUT2D eigenvalue weighted by Gasteiger charge is 2.36. The first kappa shape index (κ1) is 16.1. The number of thioether (sulfide) groups is 1. The standard InChI is InChI=1S/C19H15NO3S/c1-13(10-14-6-3-2-4-7-14)11-17-18(22)20(19(23)24-17)15-8-5-9-16(21)12-15/h2-12,21H,1H3/b13-10+,17-11-. The van der Waals surface area contributed by atoms with Gasteiger partial charge in [0.15, 0.2) is 0 Å². The van der Waals surface area contributed by atoms with E-state index in [0.29, 0.717) is 10.6 Å². The van der Waals surface area contributed by atoms with Crippen LogP contribution in [0.1, 0.15) is 12.5 Å². The lowest BCUT2D eigenvalue weighted by Gasteiger charge is -2.12. The number of rotatable bonds is 3. The van der Waals surface area contributed by atoms with Gasteiger partial charge in [0, 0.05) is 6.07 Å². The molecule has 2 aromatic carbocycles. The van der Waals surface area contributed by atoms with Gasteiger partial charge in [0.25, 0.3) is 11.1 Å². The zero-order valence-electron chi connectivity index (χ0n) is 13.0. The van der Waals surface area contributed by atoms with Crippen LogP contribution in [0.25, 0.3) is 6.08 Å². The molecule has 0 spiro atoms. The maximum absolute atomic E-state index is 12.5. The number of phenolic OH excluding ortho intramolecular Hbond substituents is 1. The van der Waals surface area contributed by atoms with E-state index in [1.165, 1.54) is 12.1 Å². The van der Waals surface area contributed by atoms with Gasteiger partial charge in [-0.15, -0.1) is 0 Å². The van der Waals surface area contributed by atoms with Crippen LogP contribution in [0.15, 0.2) is 71.2 Å². The van der Waals surface area contributed by atoms with E-state index in [1.54, 1.807) is 18.2 Å². The van der Waals surface area contributed by atoms with Gasteiger partial charge in [-0.3, -0.25) is 9.59 Å². The highest BCUT2D eigenvalue weighted by Crippen LogP contribution is 2.36. The van der Waals surface area contributed by atoms with Gasteiger partial charge in [0.1, 0.15) is 5.75 Å². The van der Waals surface area contributed by atoms with Crippen molar-refractivity contribution in [2.24, 2.45) is 0 Å². The molecule has 4 nitrogen and oxygen atoms in total. The van der Waals surface area contributed by atoms with Crippen molar-refractivity contribution in [2.45, 2.75) is 6.92 Å². The molecule has 2 amide bonds. The summed E-state index contributed by atoms with van der Waals surface area (Å²) < 4.78 is 0. The molecule has 24 heavy (non-hydrogen) atoms. The number of carbonyl (C=O) groups excluding carboxylic acids is 2. The van der Waals surface area contributed by atoms with Gasteiger partial charge >= 0.3 is 0 Å². The maximum Gasteiger partial charge on any atom is 0.298 e. The third-order valence-electron chi connectivity index (χ3n) is 3.43. The van der Waals surface area contributed by atoms with E-state index in [9.17, 15) is 14.7 Å². The monoisotopic (exact) mass is 337 g/mol. The number of allylic oxidation sites excluding steroid dienone is 2. The molecular weight excluding hydrogens is 322 g/mol. The number of hydrogen-bond acceptors (Lipinski definition) is 4. The molecule has 1 heterocycles. The third-order valence-corrected chi connectivity index (χ3v) is 4.30. The summed E-state index contributed by atoms with van der Waals surface area (Å²) in [4.78, 5) is 26.1. The van der Waals surface area contributed by atoms with Crippen molar-refractivity contribution >= 4 is 34.7 Å². The van der Waals surface area contributed by atoms with Crippen LogP contribution in [-0.2, 0) is 4.79 Å². The molecule has 0 radical (unpaired) electrons. The molecule has 0 aromatic heterocycles. The summed E-state index contributed by atoms with van der Waals surface area (Å²) in [6, 6.07) is 15.9. The highest BCUT2D eigenvalue weighted by atomic mass is 32.2. The molecular formula is C19H15NO3S. The van der Waals surface area contributed by atoms with Crippen molar-refractivity contribution in [3.8, 4) is 5.75 Å². The second-order valence-electron chi connectivity index (χ2n) is 5.34. The largest absolute Gasteiger partial charge is 0.508 e. The molecule has 1 saturated heterocycles. The van der Waals surface area contributed by atoms with Crippen LogP contribution >= 0.6 is 11.8 Å². The molecule has 0 bridgehead atoms. The van der Waals surface area contributed by atoms with Crippen LogP contribution in [0.5, 0.6) is 5.75 Å². The number of imide groups is 1. The van der Waals surface area contributed by atoms with Crippen LogP contribution in [-0.4, -0.2) is 16.3 Å². The van der Waals surface area contributed by atoms with Crippen LogP contribution in [0.2, 0.25) is 0 Å². The molecule has 0 aliphatic carbocycles. The Hall–Kier alpha value is -2.79. The van der Waals surface area contributed by atoms with Gasteiger partial charge in [-0.2, -0.15) is 0 Å². The summed E-state index contributed by atoms with van der Waals surface area (Å²) in [6.45, 7) is 1.88. The average molecular weight is 337 g/mol. The zero-order chi connectivity index (χ0) is 17.1. The number of benzene rings is 2. The van der Waals surface area contributed by atoms with E-state index >= 15 is 0 Å². The van der Waals surface area contributed by atoms with Crippen molar-refractivity contribution in [3.05, 3.63) is 76.7 Å². The molecule has 1 fully saturated rings. The smallest absolute Gasteiger partial charge is 0.298 e. The first-order chi connectivity index (χ1) is 11.5. The topological polar surface area (TPSA) is 57.6 Å². The van der Waals surface area contributed by atoms with E-state index in [-0.39, 0.29) is 16.9 Å². The summed E-state index contributed by atoms with van der Waals surface area (Å²) in [5.74, 6) is -0.368. The SMILES string of the molecule is CC(/C=C1\SC(=O)N(c2cccc(O)c2)C1=O)=C\c1ccccc1. The Labute approximate surface area is 144 Å². The second-order valence-corrected chi connectivity index (χ2v) is 6.33. The molecule has 3 rings (SSSR count). The van der Waals surface area contributed by atoms with Crippen LogP contribution in [0.3, 0.4) is 0 Å². The predicted molar refractivity (Wildman–Crippen MR) is 96.8 cm³/mol. The van der Waals surface area contributed by atoms with E-state index in [2.05, 4.69) is 0 Å². The van der Waals surface area contributed by atoms with Crippen molar-refractivity contribution in [1.82, 2.24) is 0 Å². The number of hydrogen-bond donors (Lipinski definition) is 1. The van der Waals surface area contributed by atoms with Crippen LogP contribution in [0, 0.1) is 0 Å². The summed E-state index contributed by atoms with van der Waals surface area (Å²) in [5.41, 5.74) is 2.27. The lowest BCUT2D eigenvalue weighted by molar-refractivity contribution is -0.113. The normalized spacial score (nSPS) is 17.0. The fourth-order valence-corrected chi connectivity index (χ4v) is 3.27. The first-order valence-electron chi connectivity index (χ1n) is 7.35. The van der Waals surface area contributed by atoms with E-state index in [1.807, 2.05) is 43.3 Å². The Bertz CT molecular complexity index is 856. The lowest BCUT2D eigenvalue weighted by Crippen LogP contribution is -2.27. The molecule has 5 heteroatoms. The van der Waals surface area contributed by atoms with Crippen LogP contribution in [0.4, 0.5) is 10.5 Å². The molecule has 0 saturated carbocycles. The number of amides is 2. The summed E-state index contributed by atoms with van der Waals surface area (Å²) >= 11 is 0.897. The highest BCUT2D eigenvalue weighted by molar-refractivity contribution is 8.18. The number of nitrogens with zero attached hydrogens (tertiary/aromatic N) is 1. The minimum Gasteiger partial charge on any atom is -0.508 e. The summed E-state index contributed by atoms with van der Waals surface area (Å²) in [7, 11) is 0. The van der Waals surface area contributed by atoms with E-state index in [0.717, 1.165) is 27.8 Å². The minimum absolute atomic E-state index is 0.00989. The first-order valence-corrected chi connectivity index (χ1v) is 8.16. The van der Waals surface area contributed by atoms with E-state index < -0.39 is 0 Å². The fraction of sp³-hybridized carbons (Fsp3) is 0.0526. The number of aromatic hydroxyl groups is 1. The molecule has 0 unspecified atom stereocenters. The average Bonchev–Trinajstić information content (AvgIpc) is 2.82. The Morgan fingerprint density at radius 3 is 2.54 bits per heavy atom. The van der Waals surface area contributed by atoms with Crippen molar-refractivity contribution in [2.75, 3.05) is 4.90 Å². The van der Waals surface area contributed by atoms with Crippen LogP contribution < -0.4 is 4.90 Å². The Balaban J connectivity index is 1.87. The van der Waals surface area contributed by atoms with Gasteiger partial charge in [0.2, 0.25) is 0 Å². The Morgan fingerprint density at radius 2 is 1.83 bits per heavy atom. The summed E-state index contributed by atoms with van der Waals surface area (Å²) in [6.07, 6.45) is 3.66. The van der Waals surface area contributed by atoms with Gasteiger partial charge < -0.3 is 5.11 Å². The van der Waals surface area contributed by atoms with E-state index in [4.69, 9.17) is 0 Å². The lowest BCUT2D eigenvalue weighted by atomic mass is 10.1. The van der Waals surface area contributed by atoms with Gasteiger partial charge in [-0.05, 0) is 48.0 Å². The predicted octanol–water partition coefficient (Wildman–Crippen LogP) is 4.58.